The Labute approximate surface area is 88.4 Å². The predicted molar refractivity (Wildman–Crippen MR) is 60.7 cm³/mol. The summed E-state index contributed by atoms with van der Waals surface area (Å²) in [6.07, 6.45) is 1.65. The first kappa shape index (κ1) is 11.3. The molecule has 0 saturated heterocycles. The van der Waals surface area contributed by atoms with Gasteiger partial charge in [0.15, 0.2) is 5.13 Å². The maximum Gasteiger partial charge on any atom is 0.187 e. The van der Waals surface area contributed by atoms with Crippen LogP contribution in [0.25, 0.3) is 0 Å². The van der Waals surface area contributed by atoms with Crippen molar-refractivity contribution in [3.63, 3.8) is 0 Å². The Balaban J connectivity index is 2.72. The molecule has 80 valence electrons. The standard InChI is InChI=1S/C9H17N3OS/c1-4-12(6-9(2,3)13)8-11-5-7(10)14-8/h5,13H,4,6,10H2,1-3H3. The van der Waals surface area contributed by atoms with E-state index in [9.17, 15) is 5.11 Å². The average Bonchev–Trinajstić information content (AvgIpc) is 2.46. The molecule has 5 heteroatoms. The quantitative estimate of drug-likeness (QED) is 0.795. The SMILES string of the molecule is CCN(CC(C)(C)O)c1ncc(N)s1. The number of hydrogen-bond donors (Lipinski definition) is 2. The first-order valence-electron chi connectivity index (χ1n) is 4.61. The van der Waals surface area contributed by atoms with Crippen molar-refractivity contribution in [2.24, 2.45) is 0 Å². The van der Waals surface area contributed by atoms with Crippen LogP contribution in [0.2, 0.25) is 0 Å². The summed E-state index contributed by atoms with van der Waals surface area (Å²) in [5, 5.41) is 11.3. The number of nitrogen functional groups attached to an aromatic ring is 1. The third-order valence-electron chi connectivity index (χ3n) is 1.74. The summed E-state index contributed by atoms with van der Waals surface area (Å²) in [6.45, 7) is 6.98. The molecule has 0 radical (unpaired) electrons. The van der Waals surface area contributed by atoms with Gasteiger partial charge < -0.3 is 15.7 Å². The zero-order chi connectivity index (χ0) is 10.8. The molecule has 0 aromatic carbocycles. The lowest BCUT2D eigenvalue weighted by atomic mass is 10.1. The molecule has 1 aromatic heterocycles. The van der Waals surface area contributed by atoms with E-state index in [1.54, 1.807) is 20.0 Å². The Kier molecular flexibility index (Phi) is 3.34. The van der Waals surface area contributed by atoms with Crippen LogP contribution in [0.3, 0.4) is 0 Å². The summed E-state index contributed by atoms with van der Waals surface area (Å²) in [5.74, 6) is 0. The summed E-state index contributed by atoms with van der Waals surface area (Å²) in [5.41, 5.74) is 4.89. The van der Waals surface area contributed by atoms with Gasteiger partial charge in [0.25, 0.3) is 0 Å². The molecule has 14 heavy (non-hydrogen) atoms. The van der Waals surface area contributed by atoms with Crippen molar-refractivity contribution in [1.29, 1.82) is 0 Å². The molecule has 0 bridgehead atoms. The van der Waals surface area contributed by atoms with Crippen LogP contribution in [-0.4, -0.2) is 28.8 Å². The number of anilines is 2. The lowest BCUT2D eigenvalue weighted by molar-refractivity contribution is 0.0876. The Hall–Kier alpha value is -0.810. The number of aliphatic hydroxyl groups is 1. The van der Waals surface area contributed by atoms with Crippen LogP contribution in [-0.2, 0) is 0 Å². The first-order valence-corrected chi connectivity index (χ1v) is 5.42. The molecule has 0 aliphatic rings. The summed E-state index contributed by atoms with van der Waals surface area (Å²) >= 11 is 1.44. The topological polar surface area (TPSA) is 62.4 Å². The molecule has 0 aliphatic heterocycles. The smallest absolute Gasteiger partial charge is 0.187 e. The zero-order valence-corrected chi connectivity index (χ0v) is 9.64. The highest BCUT2D eigenvalue weighted by molar-refractivity contribution is 7.19. The van der Waals surface area contributed by atoms with Crippen LogP contribution >= 0.6 is 11.3 Å². The third kappa shape index (κ3) is 3.16. The van der Waals surface area contributed by atoms with Gasteiger partial charge in [0.05, 0.1) is 11.8 Å². The highest BCUT2D eigenvalue weighted by Gasteiger charge is 2.19. The fraction of sp³-hybridized carbons (Fsp3) is 0.667. The predicted octanol–water partition coefficient (Wildman–Crippen LogP) is 1.32. The van der Waals surface area contributed by atoms with E-state index in [0.717, 1.165) is 11.7 Å². The molecule has 1 heterocycles. The first-order chi connectivity index (χ1) is 6.42. The number of nitrogens with zero attached hydrogens (tertiary/aromatic N) is 2. The van der Waals surface area contributed by atoms with Gasteiger partial charge in [-0.3, -0.25) is 0 Å². The van der Waals surface area contributed by atoms with Gasteiger partial charge in [-0.1, -0.05) is 11.3 Å². The minimum atomic E-state index is -0.712. The van der Waals surface area contributed by atoms with Gasteiger partial charge in [-0.15, -0.1) is 0 Å². The van der Waals surface area contributed by atoms with Crippen LogP contribution in [0.15, 0.2) is 6.20 Å². The fourth-order valence-corrected chi connectivity index (χ4v) is 1.95. The number of nitrogens with two attached hydrogens (primary N) is 1. The van der Waals surface area contributed by atoms with E-state index in [1.807, 2.05) is 11.8 Å². The Morgan fingerprint density at radius 1 is 1.64 bits per heavy atom. The highest BCUT2D eigenvalue weighted by Crippen LogP contribution is 2.24. The lowest BCUT2D eigenvalue weighted by Gasteiger charge is -2.27. The van der Waals surface area contributed by atoms with Crippen LogP contribution in [0.1, 0.15) is 20.8 Å². The van der Waals surface area contributed by atoms with Gasteiger partial charge in [0, 0.05) is 13.1 Å². The second-order valence-electron chi connectivity index (χ2n) is 3.87. The maximum absolute atomic E-state index is 9.69. The number of aromatic nitrogens is 1. The van der Waals surface area contributed by atoms with Gasteiger partial charge in [0.2, 0.25) is 0 Å². The normalized spacial score (nSPS) is 11.7. The zero-order valence-electron chi connectivity index (χ0n) is 8.82. The summed E-state index contributed by atoms with van der Waals surface area (Å²) < 4.78 is 0. The monoisotopic (exact) mass is 215 g/mol. The number of hydrogen-bond acceptors (Lipinski definition) is 5. The van der Waals surface area contributed by atoms with Crippen molar-refractivity contribution in [2.75, 3.05) is 23.7 Å². The molecule has 0 amide bonds. The van der Waals surface area contributed by atoms with Crippen LogP contribution < -0.4 is 10.6 Å². The minimum Gasteiger partial charge on any atom is -0.389 e. The van der Waals surface area contributed by atoms with Crippen molar-refractivity contribution in [1.82, 2.24) is 4.98 Å². The minimum absolute atomic E-state index is 0.566. The number of likely N-dealkylation sites (N-methyl/N-ethyl adjacent to an activating group) is 1. The molecule has 0 atom stereocenters. The number of thiazole rings is 1. The van der Waals surface area contributed by atoms with E-state index in [2.05, 4.69) is 4.98 Å². The molecule has 0 spiro atoms. The highest BCUT2D eigenvalue weighted by atomic mass is 32.1. The molecule has 0 aliphatic carbocycles. The molecule has 3 N–H and O–H groups in total. The average molecular weight is 215 g/mol. The van der Waals surface area contributed by atoms with Gasteiger partial charge in [-0.05, 0) is 20.8 Å². The van der Waals surface area contributed by atoms with Crippen LogP contribution in [0.5, 0.6) is 0 Å². The number of rotatable bonds is 4. The van der Waals surface area contributed by atoms with E-state index < -0.39 is 5.60 Å². The van der Waals surface area contributed by atoms with Gasteiger partial charge >= 0.3 is 0 Å². The van der Waals surface area contributed by atoms with E-state index in [1.165, 1.54) is 11.3 Å². The summed E-state index contributed by atoms with van der Waals surface area (Å²) in [4.78, 5) is 6.19. The Bertz CT molecular complexity index is 292. The van der Waals surface area contributed by atoms with Gasteiger partial charge in [-0.2, -0.15) is 0 Å². The molecule has 1 aromatic rings. The van der Waals surface area contributed by atoms with Crippen molar-refractivity contribution < 1.29 is 5.11 Å². The Morgan fingerprint density at radius 3 is 2.64 bits per heavy atom. The molecule has 0 unspecified atom stereocenters. The molecule has 0 saturated carbocycles. The van der Waals surface area contributed by atoms with Crippen LogP contribution in [0.4, 0.5) is 10.1 Å². The maximum atomic E-state index is 9.69. The largest absolute Gasteiger partial charge is 0.389 e. The van der Waals surface area contributed by atoms with Gasteiger partial charge in [-0.25, -0.2) is 4.98 Å². The molecular formula is C9H17N3OS. The molecule has 0 fully saturated rings. The van der Waals surface area contributed by atoms with Crippen molar-refractivity contribution in [2.45, 2.75) is 26.4 Å². The van der Waals surface area contributed by atoms with Crippen molar-refractivity contribution in [3.8, 4) is 0 Å². The Morgan fingerprint density at radius 2 is 2.29 bits per heavy atom. The van der Waals surface area contributed by atoms with Crippen LogP contribution in [0, 0.1) is 0 Å². The third-order valence-corrected chi connectivity index (χ3v) is 2.63. The second kappa shape index (κ2) is 4.14. The van der Waals surface area contributed by atoms with E-state index >= 15 is 0 Å². The lowest BCUT2D eigenvalue weighted by Crippen LogP contribution is -2.38. The second-order valence-corrected chi connectivity index (χ2v) is 4.91. The van der Waals surface area contributed by atoms with E-state index in [4.69, 9.17) is 5.73 Å². The molecule has 1 rings (SSSR count). The molecular weight excluding hydrogens is 198 g/mol. The van der Waals surface area contributed by atoms with Crippen molar-refractivity contribution in [3.05, 3.63) is 6.20 Å². The van der Waals surface area contributed by atoms with Crippen molar-refractivity contribution >= 4 is 21.5 Å². The summed E-state index contributed by atoms with van der Waals surface area (Å²) in [6, 6.07) is 0. The fourth-order valence-electron chi connectivity index (χ4n) is 1.20. The summed E-state index contributed by atoms with van der Waals surface area (Å²) in [7, 11) is 0. The van der Waals surface area contributed by atoms with Gasteiger partial charge in [0.1, 0.15) is 5.00 Å². The van der Waals surface area contributed by atoms with E-state index in [0.29, 0.717) is 11.5 Å². The molecule has 4 nitrogen and oxygen atoms in total. The van der Waals surface area contributed by atoms with E-state index in [-0.39, 0.29) is 0 Å².